The molecule has 0 fully saturated rings. The second kappa shape index (κ2) is 9.14. The minimum atomic E-state index is -5.25. The number of H-pyrrole nitrogens is 1. The minimum absolute atomic E-state index is 0.106. The Hall–Kier alpha value is -4.45. The molecule has 1 aromatic heterocycles. The molecule has 0 radical (unpaired) electrons. The molecule has 4 aromatic carbocycles. The van der Waals surface area contributed by atoms with Gasteiger partial charge in [-0.3, -0.25) is 4.79 Å². The molecule has 12 heteroatoms. The van der Waals surface area contributed by atoms with Crippen molar-refractivity contribution in [2.45, 2.75) is 4.90 Å². The monoisotopic (exact) mass is 547 g/mol. The van der Waals surface area contributed by atoms with Gasteiger partial charge in [-0.1, -0.05) is 24.3 Å². The Morgan fingerprint density at radius 1 is 0.763 bits per heavy atom. The maximum atomic E-state index is 14.3. The quantitative estimate of drug-likeness (QED) is 0.130. The molecule has 0 aliphatic rings. The number of benzene rings is 4. The Bertz CT molecular complexity index is 1910. The van der Waals surface area contributed by atoms with E-state index in [0.717, 1.165) is 17.5 Å². The van der Waals surface area contributed by atoms with Crippen LogP contribution in [-0.2, 0) is 10.1 Å². The number of rotatable bonds is 5. The summed E-state index contributed by atoms with van der Waals surface area (Å²) in [6, 6.07) is 14.9. The summed E-state index contributed by atoms with van der Waals surface area (Å²) in [6.45, 7) is 0. The van der Waals surface area contributed by atoms with E-state index in [2.05, 4.69) is 9.17 Å². The Balaban J connectivity index is 1.83. The zero-order valence-corrected chi connectivity index (χ0v) is 19.9. The topological polar surface area (TPSA) is 85.5 Å². The van der Waals surface area contributed by atoms with Gasteiger partial charge in [0.2, 0.25) is 40.4 Å². The molecule has 1 N–H and O–H groups in total. The van der Waals surface area contributed by atoms with Crippen LogP contribution in [0.15, 0.2) is 70.4 Å². The molecule has 0 saturated heterocycles. The predicted molar refractivity (Wildman–Crippen MR) is 128 cm³/mol. The number of nitrogens with one attached hydrogen (secondary N) is 1. The summed E-state index contributed by atoms with van der Waals surface area (Å²) in [7, 11) is -3.91. The molecule has 1 heterocycles. The lowest BCUT2D eigenvalue weighted by atomic mass is 9.96. The molecule has 0 unspecified atom stereocenters. The van der Waals surface area contributed by atoms with Gasteiger partial charge < -0.3 is 13.9 Å². The van der Waals surface area contributed by atoms with E-state index in [1.807, 2.05) is 0 Å². The number of hydrogen-bond acceptors (Lipinski definition) is 5. The number of halogens is 5. The van der Waals surface area contributed by atoms with Crippen molar-refractivity contribution in [3.63, 3.8) is 0 Å². The zero-order valence-electron chi connectivity index (χ0n) is 19.1. The smallest absolute Gasteiger partial charge is 0.340 e. The van der Waals surface area contributed by atoms with Gasteiger partial charge in [0.25, 0.3) is 0 Å². The van der Waals surface area contributed by atoms with E-state index in [9.17, 15) is 35.2 Å². The van der Waals surface area contributed by atoms with Gasteiger partial charge in [0.15, 0.2) is 0 Å². The summed E-state index contributed by atoms with van der Waals surface area (Å²) in [5.41, 5.74) is -0.228. The van der Waals surface area contributed by atoms with Gasteiger partial charge in [-0.25, -0.2) is 13.2 Å². The largest absolute Gasteiger partial charge is 0.496 e. The summed E-state index contributed by atoms with van der Waals surface area (Å²) in [5, 5.41) is 1.57. The molecule has 0 saturated carbocycles. The number of pyridine rings is 1. The summed E-state index contributed by atoms with van der Waals surface area (Å²) < 4.78 is 106. The van der Waals surface area contributed by atoms with Crippen LogP contribution in [0.2, 0.25) is 0 Å². The Kier molecular flexibility index (Phi) is 6.06. The molecular weight excluding hydrogens is 533 g/mol. The second-order valence-electron chi connectivity index (χ2n) is 8.06. The lowest BCUT2D eigenvalue weighted by molar-refractivity contribution is 0.347. The number of aromatic nitrogens is 1. The average Bonchev–Trinajstić information content (AvgIpc) is 2.91. The Morgan fingerprint density at radius 3 is 2.00 bits per heavy atom. The normalized spacial score (nSPS) is 11.7. The maximum absolute atomic E-state index is 14.3. The van der Waals surface area contributed by atoms with E-state index < -0.39 is 55.4 Å². The first-order valence-corrected chi connectivity index (χ1v) is 12.1. The third kappa shape index (κ3) is 4.02. The standard InChI is InChI=1S/C26H14F5NO5S/c1-36-17-11-13-5-3-2-4-12(13)10-15(17)20-14-6-9-19(33)32-16(14)7-8-18(20)38(34,35)37-26-24(30)22(28)21(27)23(29)25(26)31/h2-11H,1H3,(H,32,33). The van der Waals surface area contributed by atoms with E-state index >= 15 is 0 Å². The fourth-order valence-corrected chi connectivity index (χ4v) is 5.26. The summed E-state index contributed by atoms with van der Waals surface area (Å²) in [6.07, 6.45) is 0. The van der Waals surface area contributed by atoms with Crippen molar-refractivity contribution in [2.24, 2.45) is 0 Å². The number of methoxy groups -OCH3 is 1. The van der Waals surface area contributed by atoms with Crippen LogP contribution in [0.5, 0.6) is 11.5 Å². The van der Waals surface area contributed by atoms with Gasteiger partial charge in [-0.2, -0.15) is 17.2 Å². The van der Waals surface area contributed by atoms with Crippen LogP contribution in [0, 0.1) is 29.1 Å². The van der Waals surface area contributed by atoms with Crippen LogP contribution in [0.1, 0.15) is 0 Å². The van der Waals surface area contributed by atoms with Gasteiger partial charge in [0.1, 0.15) is 10.6 Å². The molecule has 0 aliphatic carbocycles. The zero-order chi connectivity index (χ0) is 27.4. The molecule has 0 amide bonds. The summed E-state index contributed by atoms with van der Waals surface area (Å²) in [5.74, 6) is -13.9. The first-order chi connectivity index (χ1) is 18.0. The first-order valence-electron chi connectivity index (χ1n) is 10.7. The number of aromatic amines is 1. The summed E-state index contributed by atoms with van der Waals surface area (Å²) >= 11 is 0. The fourth-order valence-electron chi connectivity index (χ4n) is 4.10. The summed E-state index contributed by atoms with van der Waals surface area (Å²) in [4.78, 5) is 13.8. The molecule has 5 rings (SSSR count). The fraction of sp³-hybridized carbons (Fsp3) is 0.0385. The minimum Gasteiger partial charge on any atom is -0.496 e. The van der Waals surface area contributed by atoms with Crippen molar-refractivity contribution in [1.29, 1.82) is 0 Å². The highest BCUT2D eigenvalue weighted by molar-refractivity contribution is 7.87. The van der Waals surface area contributed by atoms with Crippen LogP contribution in [0.3, 0.4) is 0 Å². The van der Waals surface area contributed by atoms with Crippen molar-refractivity contribution in [2.75, 3.05) is 7.11 Å². The van der Waals surface area contributed by atoms with E-state index in [1.165, 1.54) is 19.2 Å². The van der Waals surface area contributed by atoms with Crippen molar-refractivity contribution in [3.8, 4) is 22.6 Å². The van der Waals surface area contributed by atoms with Crippen LogP contribution in [0.25, 0.3) is 32.8 Å². The highest BCUT2D eigenvalue weighted by Crippen LogP contribution is 2.42. The number of fused-ring (bicyclic) bond motifs is 2. The van der Waals surface area contributed by atoms with E-state index in [0.29, 0.717) is 5.39 Å². The molecule has 6 nitrogen and oxygen atoms in total. The highest BCUT2D eigenvalue weighted by atomic mass is 32.2. The molecule has 0 bridgehead atoms. The molecular formula is C26H14F5NO5S. The van der Waals surface area contributed by atoms with Gasteiger partial charge in [-0.05, 0) is 41.1 Å². The van der Waals surface area contributed by atoms with Crippen molar-refractivity contribution in [3.05, 3.63) is 100 Å². The van der Waals surface area contributed by atoms with Gasteiger partial charge >= 0.3 is 10.1 Å². The van der Waals surface area contributed by atoms with Crippen LogP contribution >= 0.6 is 0 Å². The Labute approximate surface area is 211 Å². The lowest BCUT2D eigenvalue weighted by Gasteiger charge is -2.18. The van der Waals surface area contributed by atoms with Crippen molar-refractivity contribution >= 4 is 31.8 Å². The average molecular weight is 547 g/mol. The van der Waals surface area contributed by atoms with E-state index in [1.54, 1.807) is 36.4 Å². The van der Waals surface area contributed by atoms with Crippen molar-refractivity contribution < 1.29 is 39.3 Å². The molecule has 194 valence electrons. The van der Waals surface area contributed by atoms with E-state index in [4.69, 9.17) is 4.74 Å². The van der Waals surface area contributed by atoms with Gasteiger partial charge in [-0.15, -0.1) is 0 Å². The maximum Gasteiger partial charge on any atom is 0.340 e. The third-order valence-electron chi connectivity index (χ3n) is 5.84. The molecule has 5 aromatic rings. The number of hydrogen-bond donors (Lipinski definition) is 1. The van der Waals surface area contributed by atoms with Crippen LogP contribution < -0.4 is 14.5 Å². The van der Waals surface area contributed by atoms with Crippen molar-refractivity contribution in [1.82, 2.24) is 4.98 Å². The van der Waals surface area contributed by atoms with Crippen LogP contribution in [0.4, 0.5) is 22.0 Å². The second-order valence-corrected chi connectivity index (χ2v) is 9.57. The molecule has 0 aliphatic heterocycles. The molecule has 38 heavy (non-hydrogen) atoms. The van der Waals surface area contributed by atoms with Crippen LogP contribution in [-0.4, -0.2) is 20.5 Å². The highest BCUT2D eigenvalue weighted by Gasteiger charge is 2.33. The Morgan fingerprint density at radius 2 is 1.37 bits per heavy atom. The number of ether oxygens (including phenoxy) is 1. The molecule has 0 spiro atoms. The molecule has 0 atom stereocenters. The third-order valence-corrected chi connectivity index (χ3v) is 7.10. The van der Waals surface area contributed by atoms with Gasteiger partial charge in [0.05, 0.1) is 7.11 Å². The predicted octanol–water partition coefficient (Wildman–Crippen LogP) is 5.82. The lowest BCUT2D eigenvalue weighted by Crippen LogP contribution is -2.16. The first kappa shape index (κ1) is 25.2. The van der Waals surface area contributed by atoms with Gasteiger partial charge in [0, 0.05) is 28.1 Å². The van der Waals surface area contributed by atoms with E-state index in [-0.39, 0.29) is 27.8 Å². The SMILES string of the molecule is COc1cc2ccccc2cc1-c1c(S(=O)(=O)Oc2c(F)c(F)c(F)c(F)c2F)ccc2[nH]c(=O)ccc12.